The number of aromatic nitrogens is 1. The first-order chi connectivity index (χ1) is 9.75. The van der Waals surface area contributed by atoms with Crippen molar-refractivity contribution >= 4 is 39.5 Å². The third kappa shape index (κ3) is 2.33. The molecule has 0 unspecified atom stereocenters. The van der Waals surface area contributed by atoms with Gasteiger partial charge in [-0.05, 0) is 36.4 Å². The Kier molecular flexibility index (Phi) is 3.31. The molecule has 0 aliphatic rings. The monoisotopic (exact) mass is 279 g/mol. The van der Waals surface area contributed by atoms with Crippen molar-refractivity contribution < 1.29 is 0 Å². The molecule has 0 aliphatic heterocycles. The third-order valence-electron chi connectivity index (χ3n) is 3.11. The van der Waals surface area contributed by atoms with Crippen LogP contribution in [-0.2, 0) is 0 Å². The van der Waals surface area contributed by atoms with E-state index in [4.69, 9.17) is 18.0 Å². The smallest absolute Gasteiger partial charge is 0.106 e. The van der Waals surface area contributed by atoms with Gasteiger partial charge in [-0.25, -0.2) is 0 Å². The van der Waals surface area contributed by atoms with Crippen LogP contribution in [-0.4, -0.2) is 9.97 Å². The number of rotatable bonds is 3. The van der Waals surface area contributed by atoms with Gasteiger partial charge < -0.3 is 11.1 Å². The van der Waals surface area contributed by atoms with Crippen LogP contribution in [0.2, 0.25) is 0 Å². The van der Waals surface area contributed by atoms with Crippen LogP contribution < -0.4 is 11.1 Å². The van der Waals surface area contributed by atoms with Crippen LogP contribution in [0.3, 0.4) is 0 Å². The zero-order chi connectivity index (χ0) is 13.9. The van der Waals surface area contributed by atoms with Gasteiger partial charge >= 0.3 is 0 Å². The molecule has 3 aromatic rings. The molecule has 2 aromatic carbocycles. The minimum absolute atomic E-state index is 0.381. The van der Waals surface area contributed by atoms with Gasteiger partial charge in [-0.3, -0.25) is 4.98 Å². The number of pyridine rings is 1. The average Bonchev–Trinajstić information content (AvgIpc) is 2.48. The predicted octanol–water partition coefficient (Wildman–Crippen LogP) is 3.61. The van der Waals surface area contributed by atoms with E-state index in [-0.39, 0.29) is 0 Å². The van der Waals surface area contributed by atoms with Crippen molar-refractivity contribution in [2.24, 2.45) is 5.73 Å². The molecule has 0 atom stereocenters. The molecular formula is C16H13N3S. The SMILES string of the molecule is NC(=S)c1ccccc1Nc1cccc2ncccc12. The maximum absolute atomic E-state index is 5.76. The van der Waals surface area contributed by atoms with Crippen LogP contribution in [0.25, 0.3) is 10.9 Å². The molecule has 0 amide bonds. The fourth-order valence-electron chi connectivity index (χ4n) is 2.16. The molecule has 1 heterocycles. The second kappa shape index (κ2) is 5.27. The normalized spacial score (nSPS) is 10.4. The molecule has 1 aromatic heterocycles. The van der Waals surface area contributed by atoms with Gasteiger partial charge in [-0.2, -0.15) is 0 Å². The molecule has 3 rings (SSSR count). The Bertz CT molecular complexity index is 778. The number of nitrogens with zero attached hydrogens (tertiary/aromatic N) is 1. The van der Waals surface area contributed by atoms with E-state index in [0.717, 1.165) is 27.8 Å². The highest BCUT2D eigenvalue weighted by Crippen LogP contribution is 2.26. The summed E-state index contributed by atoms with van der Waals surface area (Å²) in [4.78, 5) is 4.73. The molecule has 0 spiro atoms. The zero-order valence-corrected chi connectivity index (χ0v) is 11.5. The number of nitrogens with one attached hydrogen (secondary N) is 1. The summed E-state index contributed by atoms with van der Waals surface area (Å²) in [6.07, 6.45) is 1.79. The van der Waals surface area contributed by atoms with Crippen LogP contribution in [0.4, 0.5) is 11.4 Å². The number of para-hydroxylation sites is 1. The summed E-state index contributed by atoms with van der Waals surface area (Å²) >= 11 is 5.09. The quantitative estimate of drug-likeness (QED) is 0.719. The van der Waals surface area contributed by atoms with Gasteiger partial charge in [0.15, 0.2) is 0 Å². The van der Waals surface area contributed by atoms with Crippen LogP contribution in [0, 0.1) is 0 Å². The largest absolute Gasteiger partial charge is 0.389 e. The lowest BCUT2D eigenvalue weighted by atomic mass is 10.1. The van der Waals surface area contributed by atoms with E-state index >= 15 is 0 Å². The van der Waals surface area contributed by atoms with Crippen molar-refractivity contribution in [2.75, 3.05) is 5.32 Å². The van der Waals surface area contributed by atoms with Crippen molar-refractivity contribution in [3.8, 4) is 0 Å². The highest BCUT2D eigenvalue weighted by Gasteiger charge is 2.06. The molecule has 0 radical (unpaired) electrons. The minimum atomic E-state index is 0.381. The molecule has 98 valence electrons. The Balaban J connectivity index is 2.08. The second-order valence-corrected chi connectivity index (χ2v) is 4.85. The number of nitrogens with two attached hydrogens (primary N) is 1. The molecule has 0 saturated carbocycles. The lowest BCUT2D eigenvalue weighted by molar-refractivity contribution is 1.41. The third-order valence-corrected chi connectivity index (χ3v) is 3.33. The van der Waals surface area contributed by atoms with E-state index in [1.54, 1.807) is 6.20 Å². The van der Waals surface area contributed by atoms with Crippen molar-refractivity contribution in [2.45, 2.75) is 0 Å². The summed E-state index contributed by atoms with van der Waals surface area (Å²) in [5.74, 6) is 0. The zero-order valence-electron chi connectivity index (χ0n) is 10.7. The van der Waals surface area contributed by atoms with Gasteiger partial charge in [0.25, 0.3) is 0 Å². The lowest BCUT2D eigenvalue weighted by Crippen LogP contribution is -2.11. The van der Waals surface area contributed by atoms with E-state index < -0.39 is 0 Å². The topological polar surface area (TPSA) is 50.9 Å². The number of thiocarbonyl (C=S) groups is 1. The molecule has 0 saturated heterocycles. The van der Waals surface area contributed by atoms with Crippen molar-refractivity contribution in [3.05, 3.63) is 66.4 Å². The first kappa shape index (κ1) is 12.6. The Morgan fingerprint density at radius 2 is 1.75 bits per heavy atom. The molecule has 0 aliphatic carbocycles. The van der Waals surface area contributed by atoms with E-state index in [1.807, 2.05) is 54.6 Å². The van der Waals surface area contributed by atoms with Gasteiger partial charge in [-0.15, -0.1) is 0 Å². The van der Waals surface area contributed by atoms with E-state index in [2.05, 4.69) is 10.3 Å². The fraction of sp³-hybridized carbons (Fsp3) is 0. The molecular weight excluding hydrogens is 266 g/mol. The molecule has 0 fully saturated rings. The van der Waals surface area contributed by atoms with E-state index in [9.17, 15) is 0 Å². The molecule has 20 heavy (non-hydrogen) atoms. The van der Waals surface area contributed by atoms with Crippen molar-refractivity contribution in [1.29, 1.82) is 0 Å². The van der Waals surface area contributed by atoms with Crippen molar-refractivity contribution in [1.82, 2.24) is 4.98 Å². The summed E-state index contributed by atoms with van der Waals surface area (Å²) in [6, 6.07) is 17.7. The standard InChI is InChI=1S/C16H13N3S/c17-16(20)12-5-1-2-7-15(12)19-14-9-3-8-13-11(14)6-4-10-18-13/h1-10,19H,(H2,17,20). The average molecular weight is 279 g/mol. The van der Waals surface area contributed by atoms with Crippen LogP contribution in [0.5, 0.6) is 0 Å². The van der Waals surface area contributed by atoms with Crippen LogP contribution >= 0.6 is 12.2 Å². The highest BCUT2D eigenvalue weighted by molar-refractivity contribution is 7.80. The van der Waals surface area contributed by atoms with Gasteiger partial charge in [0.05, 0.1) is 5.52 Å². The number of benzene rings is 2. The summed E-state index contributed by atoms with van der Waals surface area (Å²) in [5.41, 5.74) is 9.43. The van der Waals surface area contributed by atoms with Crippen molar-refractivity contribution in [3.63, 3.8) is 0 Å². The maximum atomic E-state index is 5.76. The Labute approximate surface area is 122 Å². The second-order valence-electron chi connectivity index (χ2n) is 4.41. The fourth-order valence-corrected chi connectivity index (χ4v) is 2.34. The first-order valence-corrected chi connectivity index (χ1v) is 6.66. The molecule has 3 N–H and O–H groups in total. The molecule has 4 heteroatoms. The summed E-state index contributed by atoms with van der Waals surface area (Å²) in [7, 11) is 0. The Hall–Kier alpha value is -2.46. The highest BCUT2D eigenvalue weighted by atomic mass is 32.1. The Morgan fingerprint density at radius 1 is 0.950 bits per heavy atom. The van der Waals surface area contributed by atoms with Gasteiger partial charge in [-0.1, -0.05) is 30.4 Å². The summed E-state index contributed by atoms with van der Waals surface area (Å²) in [6.45, 7) is 0. The van der Waals surface area contributed by atoms with Crippen LogP contribution in [0.15, 0.2) is 60.8 Å². The molecule has 0 bridgehead atoms. The lowest BCUT2D eigenvalue weighted by Gasteiger charge is -2.12. The van der Waals surface area contributed by atoms with E-state index in [1.165, 1.54) is 0 Å². The predicted molar refractivity (Wildman–Crippen MR) is 87.4 cm³/mol. The molecule has 3 nitrogen and oxygen atoms in total. The number of anilines is 2. The maximum Gasteiger partial charge on any atom is 0.106 e. The van der Waals surface area contributed by atoms with Gasteiger partial charge in [0, 0.05) is 28.5 Å². The summed E-state index contributed by atoms with van der Waals surface area (Å²) in [5, 5.41) is 4.45. The Morgan fingerprint density at radius 3 is 2.60 bits per heavy atom. The number of hydrogen-bond donors (Lipinski definition) is 2. The first-order valence-electron chi connectivity index (χ1n) is 6.25. The van der Waals surface area contributed by atoms with E-state index in [0.29, 0.717) is 4.99 Å². The minimum Gasteiger partial charge on any atom is -0.389 e. The van der Waals surface area contributed by atoms with Gasteiger partial charge in [0.1, 0.15) is 4.99 Å². The summed E-state index contributed by atoms with van der Waals surface area (Å²) < 4.78 is 0. The van der Waals surface area contributed by atoms with Crippen LogP contribution in [0.1, 0.15) is 5.56 Å². The van der Waals surface area contributed by atoms with Gasteiger partial charge in [0.2, 0.25) is 0 Å². The number of hydrogen-bond acceptors (Lipinski definition) is 3. The number of fused-ring (bicyclic) bond motifs is 1.